The maximum absolute atomic E-state index is 13.0. The molecule has 0 amide bonds. The second kappa shape index (κ2) is 7.77. The van der Waals surface area contributed by atoms with Crippen LogP contribution in [-0.4, -0.2) is 16.5 Å². The highest BCUT2D eigenvalue weighted by molar-refractivity contribution is 6.28. The van der Waals surface area contributed by atoms with Gasteiger partial charge < -0.3 is 0 Å². The quantitative estimate of drug-likeness (QED) is 0.316. The van der Waals surface area contributed by atoms with Gasteiger partial charge >= 0.3 is 0 Å². The van der Waals surface area contributed by atoms with Crippen LogP contribution in [0.25, 0.3) is 0 Å². The van der Waals surface area contributed by atoms with Gasteiger partial charge in [-0.1, -0.05) is 66.7 Å². The fourth-order valence-electron chi connectivity index (χ4n) is 4.39. The van der Waals surface area contributed by atoms with E-state index in [4.69, 9.17) is 0 Å². The molecule has 0 saturated carbocycles. The van der Waals surface area contributed by atoms with Gasteiger partial charge in [-0.3, -0.25) is 19.7 Å². The summed E-state index contributed by atoms with van der Waals surface area (Å²) in [4.78, 5) is 37.2. The minimum Gasteiger partial charge on any atom is -0.293 e. The Kier molecular flexibility index (Phi) is 4.78. The van der Waals surface area contributed by atoms with Crippen molar-refractivity contribution in [2.24, 2.45) is 16.1 Å². The van der Waals surface area contributed by atoms with E-state index in [0.717, 1.165) is 5.56 Å². The molecule has 0 radical (unpaired) electrons. The van der Waals surface area contributed by atoms with Crippen molar-refractivity contribution in [3.8, 4) is 0 Å². The van der Waals surface area contributed by atoms with E-state index in [1.165, 1.54) is 6.07 Å². The molecule has 0 spiro atoms. The van der Waals surface area contributed by atoms with Gasteiger partial charge in [0, 0.05) is 23.1 Å². The number of azo groups is 1. The molecule has 0 unspecified atom stereocenters. The molecule has 0 fully saturated rings. The van der Waals surface area contributed by atoms with Crippen molar-refractivity contribution in [3.63, 3.8) is 0 Å². The van der Waals surface area contributed by atoms with Crippen LogP contribution in [-0.2, 0) is 0 Å². The number of fused-ring (bicyclic) bond motifs is 1. The molecule has 0 aromatic heterocycles. The van der Waals surface area contributed by atoms with Crippen LogP contribution in [0, 0.1) is 16.0 Å². The Bertz CT molecular complexity index is 1280. The first kappa shape index (κ1) is 19.7. The van der Waals surface area contributed by atoms with E-state index in [2.05, 4.69) is 10.2 Å². The standard InChI is InChI=1S/C25H17N3O4/c29-24-16-10-4-5-11-17(16)25(30)22(24)20-14-19(15-8-2-1-3-9-15)23(27-26-20)18-12-6-7-13-21(18)28(31)32/h1-14,19,22-23H/t19-,23-/m1/s1. The highest BCUT2D eigenvalue weighted by Gasteiger charge is 2.43. The maximum atomic E-state index is 13.0. The van der Waals surface area contributed by atoms with Crippen LogP contribution in [0.4, 0.5) is 5.69 Å². The lowest BCUT2D eigenvalue weighted by Crippen LogP contribution is -2.21. The summed E-state index contributed by atoms with van der Waals surface area (Å²) in [5, 5.41) is 20.3. The monoisotopic (exact) mass is 423 g/mol. The summed E-state index contributed by atoms with van der Waals surface area (Å²) >= 11 is 0. The SMILES string of the molecule is O=C1c2ccccc2C(=O)C1C1=C[C@H](c2ccccc2)[C@@H](c2ccccc2[N+](=O)[O-])N=N1. The molecule has 3 aromatic carbocycles. The molecule has 7 nitrogen and oxygen atoms in total. The Morgan fingerprint density at radius 2 is 1.38 bits per heavy atom. The Labute approximate surface area is 183 Å². The lowest BCUT2D eigenvalue weighted by molar-refractivity contribution is -0.385. The van der Waals surface area contributed by atoms with Gasteiger partial charge in [0.1, 0.15) is 12.0 Å². The largest absolute Gasteiger partial charge is 0.293 e. The molecular formula is C25H17N3O4. The molecule has 7 heteroatoms. The van der Waals surface area contributed by atoms with Gasteiger partial charge in [-0.15, -0.1) is 0 Å². The summed E-state index contributed by atoms with van der Waals surface area (Å²) in [6.45, 7) is 0. The zero-order chi connectivity index (χ0) is 22.2. The third-order valence-electron chi connectivity index (χ3n) is 5.90. The van der Waals surface area contributed by atoms with Gasteiger partial charge in [-0.25, -0.2) is 0 Å². The average molecular weight is 423 g/mol. The molecule has 0 bridgehead atoms. The topological polar surface area (TPSA) is 102 Å². The second-order valence-electron chi connectivity index (χ2n) is 7.71. The zero-order valence-corrected chi connectivity index (χ0v) is 16.8. The number of nitro groups is 1. The first-order chi connectivity index (χ1) is 15.6. The molecule has 2 atom stereocenters. The average Bonchev–Trinajstić information content (AvgIpc) is 3.09. The number of carbonyl (C=O) groups excluding carboxylic acids is 2. The summed E-state index contributed by atoms with van der Waals surface area (Å²) in [5.74, 6) is -2.07. The van der Waals surface area contributed by atoms with Crippen molar-refractivity contribution in [1.29, 1.82) is 0 Å². The fourth-order valence-corrected chi connectivity index (χ4v) is 4.39. The van der Waals surface area contributed by atoms with Crippen LogP contribution < -0.4 is 0 Å². The Morgan fingerprint density at radius 3 is 2.03 bits per heavy atom. The van der Waals surface area contributed by atoms with Crippen molar-refractivity contribution >= 4 is 17.3 Å². The van der Waals surface area contributed by atoms with E-state index in [0.29, 0.717) is 16.7 Å². The molecule has 3 aromatic rings. The van der Waals surface area contributed by atoms with Crippen molar-refractivity contribution < 1.29 is 14.5 Å². The number of hydrogen-bond donors (Lipinski definition) is 0. The number of nitrogens with zero attached hydrogens (tertiary/aromatic N) is 3. The molecule has 156 valence electrons. The van der Waals surface area contributed by atoms with E-state index >= 15 is 0 Å². The van der Waals surface area contributed by atoms with E-state index in [1.807, 2.05) is 30.3 Å². The molecule has 32 heavy (non-hydrogen) atoms. The molecular weight excluding hydrogens is 406 g/mol. The van der Waals surface area contributed by atoms with Gasteiger partial charge in [0.05, 0.1) is 16.2 Å². The van der Waals surface area contributed by atoms with Gasteiger partial charge in [-0.2, -0.15) is 10.2 Å². The molecule has 0 N–H and O–H groups in total. The molecule has 1 heterocycles. The van der Waals surface area contributed by atoms with E-state index in [1.54, 1.807) is 48.5 Å². The molecule has 1 aliphatic heterocycles. The van der Waals surface area contributed by atoms with Gasteiger partial charge in [-0.05, 0) is 17.7 Å². The van der Waals surface area contributed by atoms with Crippen LogP contribution in [0.2, 0.25) is 0 Å². The highest BCUT2D eigenvalue weighted by atomic mass is 16.6. The highest BCUT2D eigenvalue weighted by Crippen LogP contribution is 2.45. The van der Waals surface area contributed by atoms with Crippen LogP contribution in [0.5, 0.6) is 0 Å². The number of benzene rings is 3. The van der Waals surface area contributed by atoms with Crippen LogP contribution in [0.3, 0.4) is 0 Å². The number of nitro benzene ring substituents is 1. The van der Waals surface area contributed by atoms with Crippen molar-refractivity contribution in [1.82, 2.24) is 0 Å². The number of allylic oxidation sites excluding steroid dienone is 1. The number of para-hydroxylation sites is 1. The number of rotatable bonds is 4. The predicted molar refractivity (Wildman–Crippen MR) is 117 cm³/mol. The first-order valence-corrected chi connectivity index (χ1v) is 10.1. The first-order valence-electron chi connectivity index (χ1n) is 10.1. The maximum Gasteiger partial charge on any atom is 0.274 e. The van der Waals surface area contributed by atoms with Crippen LogP contribution >= 0.6 is 0 Å². The third kappa shape index (κ3) is 3.15. The number of hydrogen-bond acceptors (Lipinski definition) is 6. The third-order valence-corrected chi connectivity index (χ3v) is 5.90. The summed E-state index contributed by atoms with van der Waals surface area (Å²) in [6, 6.07) is 21.9. The summed E-state index contributed by atoms with van der Waals surface area (Å²) in [5.41, 5.74) is 2.29. The summed E-state index contributed by atoms with van der Waals surface area (Å²) < 4.78 is 0. The Balaban J connectivity index is 1.60. The molecule has 0 saturated heterocycles. The fraction of sp³-hybridized carbons (Fsp3) is 0.120. The van der Waals surface area contributed by atoms with Crippen LogP contribution in [0.15, 0.2) is 101 Å². The smallest absolute Gasteiger partial charge is 0.274 e. The van der Waals surface area contributed by atoms with Crippen molar-refractivity contribution in [2.75, 3.05) is 0 Å². The van der Waals surface area contributed by atoms with E-state index < -0.39 is 22.8 Å². The number of Topliss-reactive ketones (excluding diaryl/α,β-unsaturated/α-hetero) is 2. The minimum absolute atomic E-state index is 0.0466. The summed E-state index contributed by atoms with van der Waals surface area (Å²) in [7, 11) is 0. The normalized spacial score (nSPS) is 20.2. The molecule has 2 aliphatic rings. The Hall–Kier alpha value is -4.26. The van der Waals surface area contributed by atoms with E-state index in [-0.39, 0.29) is 23.0 Å². The van der Waals surface area contributed by atoms with Crippen molar-refractivity contribution in [3.05, 3.63) is 123 Å². The Morgan fingerprint density at radius 1 is 0.781 bits per heavy atom. The number of carbonyl (C=O) groups is 2. The van der Waals surface area contributed by atoms with Gasteiger partial charge in [0.2, 0.25) is 0 Å². The van der Waals surface area contributed by atoms with Crippen molar-refractivity contribution in [2.45, 2.75) is 12.0 Å². The molecule has 5 rings (SSSR count). The van der Waals surface area contributed by atoms with E-state index in [9.17, 15) is 19.7 Å². The second-order valence-corrected chi connectivity index (χ2v) is 7.71. The van der Waals surface area contributed by atoms with Gasteiger partial charge in [0.25, 0.3) is 5.69 Å². The summed E-state index contributed by atoms with van der Waals surface area (Å²) in [6.07, 6.45) is 1.76. The molecule has 1 aliphatic carbocycles. The predicted octanol–water partition coefficient (Wildman–Crippen LogP) is 5.46. The van der Waals surface area contributed by atoms with Gasteiger partial charge in [0.15, 0.2) is 11.6 Å². The minimum atomic E-state index is -1.05. The number of ketones is 2. The van der Waals surface area contributed by atoms with Crippen LogP contribution in [0.1, 0.15) is 43.8 Å². The lowest BCUT2D eigenvalue weighted by Gasteiger charge is -2.26. The lowest BCUT2D eigenvalue weighted by atomic mass is 9.83. The zero-order valence-electron chi connectivity index (χ0n) is 16.8.